The summed E-state index contributed by atoms with van der Waals surface area (Å²) >= 11 is 0. The van der Waals surface area contributed by atoms with Crippen LogP contribution in [0.3, 0.4) is 0 Å². The second kappa shape index (κ2) is 12.1. The van der Waals surface area contributed by atoms with Crippen molar-refractivity contribution < 1.29 is 33.6 Å². The van der Waals surface area contributed by atoms with Crippen LogP contribution in [0.5, 0.6) is 0 Å². The first-order valence-electron chi connectivity index (χ1n) is 9.83. The van der Waals surface area contributed by atoms with Crippen LogP contribution in [0.4, 0.5) is 0 Å². The molecule has 174 valence electrons. The Hall–Kier alpha value is -2.81. The summed E-state index contributed by atoms with van der Waals surface area (Å²) in [5.41, 5.74) is 0. The summed E-state index contributed by atoms with van der Waals surface area (Å²) in [4.78, 5) is 75.8. The highest BCUT2D eigenvalue weighted by Gasteiger charge is 2.28. The van der Waals surface area contributed by atoms with Gasteiger partial charge in [-0.1, -0.05) is 0 Å². The lowest BCUT2D eigenvalue weighted by Gasteiger charge is -2.36. The molecule has 14 nitrogen and oxygen atoms in total. The molecule has 0 saturated carbocycles. The molecular weight excluding hydrogens is 414 g/mol. The molecule has 0 aromatic rings. The lowest BCUT2D eigenvalue weighted by molar-refractivity contribution is -0.146. The zero-order valence-electron chi connectivity index (χ0n) is 17.3. The molecule has 0 bridgehead atoms. The molecule has 2 rings (SSSR count). The zero-order valence-corrected chi connectivity index (χ0v) is 17.3. The summed E-state index contributed by atoms with van der Waals surface area (Å²) in [5, 5.41) is 0. The van der Waals surface area contributed by atoms with Gasteiger partial charge < -0.3 is 24.5 Å². The Morgan fingerprint density at radius 1 is 0.645 bits per heavy atom. The van der Waals surface area contributed by atoms with E-state index in [1.54, 1.807) is 9.80 Å². The lowest BCUT2D eigenvalue weighted by atomic mass is 10.3. The minimum absolute atomic E-state index is 0.224. The van der Waals surface area contributed by atoms with E-state index in [4.69, 9.17) is 11.8 Å². The third-order valence-corrected chi connectivity index (χ3v) is 5.21. The van der Waals surface area contributed by atoms with E-state index in [2.05, 4.69) is 9.68 Å². The summed E-state index contributed by atoms with van der Waals surface area (Å²) in [7, 11) is 0. The quantitative estimate of drug-likeness (QED) is 0.263. The van der Waals surface area contributed by atoms with E-state index in [9.17, 15) is 24.0 Å². The average Bonchev–Trinajstić information content (AvgIpc) is 2.79. The van der Waals surface area contributed by atoms with Crippen LogP contribution in [-0.2, 0) is 33.6 Å². The number of nitrogens with two attached hydrogens (primary N) is 2. The topological polar surface area (TPSA) is 172 Å². The van der Waals surface area contributed by atoms with Crippen molar-refractivity contribution in [3.05, 3.63) is 0 Å². The smallest absolute Gasteiger partial charge is 0.250 e. The maximum absolute atomic E-state index is 12.5. The maximum atomic E-state index is 12.5. The van der Waals surface area contributed by atoms with Crippen molar-refractivity contribution in [2.24, 2.45) is 11.8 Å². The highest BCUT2D eigenvalue weighted by atomic mass is 16.6. The van der Waals surface area contributed by atoms with Crippen LogP contribution in [0.2, 0.25) is 0 Å². The van der Waals surface area contributed by atoms with Gasteiger partial charge >= 0.3 is 0 Å². The van der Waals surface area contributed by atoms with Gasteiger partial charge in [0.05, 0.1) is 0 Å². The minimum Gasteiger partial charge on any atom is -0.338 e. The molecule has 2 aliphatic rings. The van der Waals surface area contributed by atoms with Crippen LogP contribution < -0.4 is 11.8 Å². The van der Waals surface area contributed by atoms with E-state index < -0.39 is 0 Å². The first-order chi connectivity index (χ1) is 14.9. The Labute approximate surface area is 179 Å². The van der Waals surface area contributed by atoms with Gasteiger partial charge in [0.1, 0.15) is 26.3 Å². The average molecular weight is 443 g/mol. The van der Waals surface area contributed by atoms with Gasteiger partial charge in [-0.3, -0.25) is 33.6 Å². The van der Waals surface area contributed by atoms with Crippen molar-refractivity contribution in [1.82, 2.24) is 24.5 Å². The number of rotatable bonds is 9. The van der Waals surface area contributed by atoms with Gasteiger partial charge in [-0.05, 0) is 0 Å². The van der Waals surface area contributed by atoms with Crippen molar-refractivity contribution in [2.75, 3.05) is 78.7 Å². The number of hydrogen-bond donors (Lipinski definition) is 2. The second-order valence-corrected chi connectivity index (χ2v) is 7.16. The van der Waals surface area contributed by atoms with Gasteiger partial charge in [-0.15, -0.1) is 0 Å². The Kier molecular flexibility index (Phi) is 9.58. The predicted molar refractivity (Wildman–Crippen MR) is 104 cm³/mol. The van der Waals surface area contributed by atoms with E-state index in [1.165, 1.54) is 9.80 Å². The SMILES string of the molecule is NOCC(=O)N1CCN(C(=O)CN(C=O)CC(=O)N2CCN(C(=O)CON)CC2)CC1. The van der Waals surface area contributed by atoms with Crippen LogP contribution in [0, 0.1) is 0 Å². The molecule has 5 amide bonds. The van der Waals surface area contributed by atoms with Crippen LogP contribution >= 0.6 is 0 Å². The van der Waals surface area contributed by atoms with Crippen molar-refractivity contribution in [3.63, 3.8) is 0 Å². The van der Waals surface area contributed by atoms with Gasteiger partial charge in [0.2, 0.25) is 18.2 Å². The Bertz CT molecular complexity index is 609. The van der Waals surface area contributed by atoms with Crippen LogP contribution in [0.1, 0.15) is 0 Å². The number of amides is 5. The number of carbonyl (C=O) groups excluding carboxylic acids is 5. The summed E-state index contributed by atoms with van der Waals surface area (Å²) in [6.45, 7) is 1.71. The Morgan fingerprint density at radius 2 is 0.935 bits per heavy atom. The standard InChI is InChI=1S/C17H29N7O7/c18-30-11-16(28)23-5-1-21(2-6-23)14(26)9-20(13-25)10-15(27)22-3-7-24(8-4-22)17(29)12-31-19/h13H,1-12,18-19H2. The Morgan fingerprint density at radius 3 is 1.19 bits per heavy atom. The highest BCUT2D eigenvalue weighted by Crippen LogP contribution is 2.06. The molecule has 2 heterocycles. The van der Waals surface area contributed by atoms with Crippen molar-refractivity contribution in [2.45, 2.75) is 0 Å². The van der Waals surface area contributed by atoms with Crippen molar-refractivity contribution in [1.29, 1.82) is 0 Å². The van der Waals surface area contributed by atoms with Gasteiger partial charge in [-0.2, -0.15) is 0 Å². The van der Waals surface area contributed by atoms with Gasteiger partial charge in [0.15, 0.2) is 0 Å². The molecule has 31 heavy (non-hydrogen) atoms. The normalized spacial score (nSPS) is 16.8. The molecule has 2 saturated heterocycles. The first kappa shape index (κ1) is 24.5. The maximum Gasteiger partial charge on any atom is 0.250 e. The molecule has 4 N–H and O–H groups in total. The minimum atomic E-state index is -0.306. The number of hydrogen-bond acceptors (Lipinski definition) is 9. The fraction of sp³-hybridized carbons (Fsp3) is 0.706. The van der Waals surface area contributed by atoms with Crippen molar-refractivity contribution >= 4 is 30.0 Å². The Balaban J connectivity index is 1.76. The molecule has 0 unspecified atom stereocenters. The largest absolute Gasteiger partial charge is 0.338 e. The molecule has 0 spiro atoms. The molecule has 0 aliphatic carbocycles. The van der Waals surface area contributed by atoms with Crippen molar-refractivity contribution in [3.8, 4) is 0 Å². The molecule has 0 aromatic carbocycles. The number of nitrogens with zero attached hydrogens (tertiary/aromatic N) is 5. The number of piperazine rings is 2. The van der Waals surface area contributed by atoms with Crippen LogP contribution in [0.15, 0.2) is 0 Å². The molecule has 2 aliphatic heterocycles. The fourth-order valence-electron chi connectivity index (χ4n) is 3.41. The first-order valence-corrected chi connectivity index (χ1v) is 9.83. The molecular formula is C17H29N7O7. The highest BCUT2D eigenvalue weighted by molar-refractivity contribution is 5.85. The summed E-state index contributed by atoms with van der Waals surface area (Å²) in [5.74, 6) is 8.67. The van der Waals surface area contributed by atoms with E-state index in [-0.39, 0.29) is 49.9 Å². The second-order valence-electron chi connectivity index (χ2n) is 7.16. The molecule has 0 atom stereocenters. The fourth-order valence-corrected chi connectivity index (χ4v) is 3.41. The van der Waals surface area contributed by atoms with E-state index in [0.29, 0.717) is 58.8 Å². The lowest BCUT2D eigenvalue weighted by Crippen LogP contribution is -2.55. The van der Waals surface area contributed by atoms with Gasteiger partial charge in [0.25, 0.3) is 11.8 Å². The monoisotopic (exact) mass is 443 g/mol. The molecule has 14 heteroatoms. The molecule has 2 fully saturated rings. The molecule has 0 aromatic heterocycles. The van der Waals surface area contributed by atoms with Crippen LogP contribution in [0.25, 0.3) is 0 Å². The van der Waals surface area contributed by atoms with Gasteiger partial charge in [0, 0.05) is 52.4 Å². The van der Waals surface area contributed by atoms with Crippen LogP contribution in [-0.4, -0.2) is 133 Å². The third-order valence-electron chi connectivity index (χ3n) is 5.21. The zero-order chi connectivity index (χ0) is 22.8. The van der Waals surface area contributed by atoms with E-state index >= 15 is 0 Å². The predicted octanol–water partition coefficient (Wildman–Crippen LogP) is -4.43. The van der Waals surface area contributed by atoms with E-state index in [1.807, 2.05) is 0 Å². The number of carbonyl (C=O) groups is 5. The summed E-state index contributed by atoms with van der Waals surface area (Å²) in [6.07, 6.45) is 0.465. The van der Waals surface area contributed by atoms with E-state index in [0.717, 1.165) is 4.90 Å². The summed E-state index contributed by atoms with van der Waals surface area (Å²) in [6, 6.07) is 0. The van der Waals surface area contributed by atoms with Gasteiger partial charge in [-0.25, -0.2) is 11.8 Å². The summed E-state index contributed by atoms with van der Waals surface area (Å²) < 4.78 is 0. The third kappa shape index (κ3) is 7.13. The molecule has 0 radical (unpaired) electrons.